The third kappa shape index (κ3) is 8.20. The molecule has 6 aromatic carbocycles. The summed E-state index contributed by atoms with van der Waals surface area (Å²) in [6, 6.07) is 37.3. The van der Waals surface area contributed by atoms with E-state index in [1.165, 1.54) is 12.1 Å². The van der Waals surface area contributed by atoms with Gasteiger partial charge in [-0.05, 0) is 60.4 Å². The second kappa shape index (κ2) is 15.3. The van der Waals surface area contributed by atoms with Gasteiger partial charge in [0.1, 0.15) is 34.5 Å². The Labute approximate surface area is 332 Å². The Morgan fingerprint density at radius 1 is 0.304 bits per heavy atom. The van der Waals surface area contributed by atoms with Crippen LogP contribution in [0.1, 0.15) is 111 Å². The Morgan fingerprint density at radius 3 is 0.911 bits per heavy atom. The van der Waals surface area contributed by atoms with Gasteiger partial charge in [-0.25, -0.2) is 0 Å². The van der Waals surface area contributed by atoms with Crippen molar-refractivity contribution in [3.05, 3.63) is 177 Å². The summed E-state index contributed by atoms with van der Waals surface area (Å²) in [6.07, 6.45) is 0. The molecule has 292 valence electrons. The number of phenols is 6. The van der Waals surface area contributed by atoms with E-state index in [9.17, 15) is 30.6 Å². The molecule has 56 heavy (non-hydrogen) atoms. The molecular weight excluding hydrogens is 697 g/mol. The zero-order valence-corrected chi connectivity index (χ0v) is 34.2. The van der Waals surface area contributed by atoms with Crippen molar-refractivity contribution in [2.24, 2.45) is 0 Å². The van der Waals surface area contributed by atoms with Gasteiger partial charge in [-0.1, -0.05) is 151 Å². The van der Waals surface area contributed by atoms with E-state index >= 15 is 0 Å². The molecule has 6 N–H and O–H groups in total. The van der Waals surface area contributed by atoms with Crippen molar-refractivity contribution < 1.29 is 30.6 Å². The number of phenolic OH excluding ortho intramolecular Hbond substituents is 6. The number of hydrogen-bond donors (Lipinski definition) is 6. The van der Waals surface area contributed by atoms with Crippen molar-refractivity contribution in [2.75, 3.05) is 0 Å². The molecule has 0 fully saturated rings. The molecular formula is C50H56O6. The largest absolute Gasteiger partial charge is 0.508 e. The quantitative estimate of drug-likeness (QED) is 0.0921. The van der Waals surface area contributed by atoms with Gasteiger partial charge in [-0.2, -0.15) is 0 Å². The molecule has 0 heterocycles. The molecule has 6 aromatic rings. The standard InChI is InChI=1S/C26H30O2.C24H26O4/c1-17-10-12-23(27)21(14-17)25(3,4)19-8-7-9-20(16-19)26(5,6)22-15-18(2)11-13-24(22)28;1-23(2,19-10-8-17(25)13-21(19)27)15-6-5-7-16(12-15)24(3,4)20-11-9-18(26)14-22(20)28/h7-16,27-28H,1-6H3;5-14,25-28H,1-4H3. The highest BCUT2D eigenvalue weighted by Crippen LogP contribution is 2.44. The Hall–Kier alpha value is -5.88. The minimum Gasteiger partial charge on any atom is -0.508 e. The highest BCUT2D eigenvalue weighted by molar-refractivity contribution is 5.54. The van der Waals surface area contributed by atoms with Crippen LogP contribution in [0.4, 0.5) is 0 Å². The van der Waals surface area contributed by atoms with E-state index in [1.54, 1.807) is 36.4 Å². The van der Waals surface area contributed by atoms with Crippen LogP contribution in [-0.2, 0) is 21.7 Å². The normalized spacial score (nSPS) is 12.2. The van der Waals surface area contributed by atoms with Crippen LogP contribution in [-0.4, -0.2) is 30.6 Å². The maximum Gasteiger partial charge on any atom is 0.123 e. The average Bonchev–Trinajstić information content (AvgIpc) is 3.13. The second-order valence-corrected chi connectivity index (χ2v) is 17.1. The molecule has 0 aliphatic carbocycles. The van der Waals surface area contributed by atoms with E-state index in [4.69, 9.17) is 0 Å². The van der Waals surface area contributed by atoms with Crippen LogP contribution in [0, 0.1) is 13.8 Å². The molecule has 0 aliphatic rings. The smallest absolute Gasteiger partial charge is 0.123 e. The molecule has 0 saturated heterocycles. The van der Waals surface area contributed by atoms with Crippen molar-refractivity contribution >= 4 is 0 Å². The topological polar surface area (TPSA) is 121 Å². The lowest BCUT2D eigenvalue weighted by molar-refractivity contribution is 0.435. The van der Waals surface area contributed by atoms with Crippen LogP contribution in [0.2, 0.25) is 0 Å². The molecule has 0 aliphatic heterocycles. The fourth-order valence-electron chi connectivity index (χ4n) is 7.61. The van der Waals surface area contributed by atoms with Gasteiger partial charge in [-0.15, -0.1) is 0 Å². The van der Waals surface area contributed by atoms with Gasteiger partial charge in [0.2, 0.25) is 0 Å². The Balaban J connectivity index is 0.000000214. The first-order valence-corrected chi connectivity index (χ1v) is 18.9. The Bertz CT molecular complexity index is 2210. The molecule has 6 heteroatoms. The zero-order chi connectivity index (χ0) is 41.4. The summed E-state index contributed by atoms with van der Waals surface area (Å²) in [4.78, 5) is 0. The monoisotopic (exact) mass is 752 g/mol. The minimum absolute atomic E-state index is 0.0229. The first kappa shape index (κ1) is 41.3. The summed E-state index contributed by atoms with van der Waals surface area (Å²) in [5.41, 5.74) is 8.08. The molecule has 0 atom stereocenters. The van der Waals surface area contributed by atoms with E-state index in [0.29, 0.717) is 22.6 Å². The number of rotatable bonds is 8. The summed E-state index contributed by atoms with van der Waals surface area (Å²) in [5.74, 6) is 0.773. The molecule has 0 amide bonds. The van der Waals surface area contributed by atoms with E-state index < -0.39 is 10.8 Å². The summed E-state index contributed by atoms with van der Waals surface area (Å²) >= 11 is 0. The van der Waals surface area contributed by atoms with Gasteiger partial charge < -0.3 is 30.6 Å². The number of aryl methyl sites for hydroxylation is 2. The minimum atomic E-state index is -0.499. The van der Waals surface area contributed by atoms with Crippen molar-refractivity contribution in [1.29, 1.82) is 0 Å². The Kier molecular flexibility index (Phi) is 11.3. The van der Waals surface area contributed by atoms with Gasteiger partial charge in [-0.3, -0.25) is 0 Å². The van der Waals surface area contributed by atoms with E-state index in [0.717, 1.165) is 44.5 Å². The highest BCUT2D eigenvalue weighted by atomic mass is 16.3. The van der Waals surface area contributed by atoms with Crippen LogP contribution in [0.25, 0.3) is 0 Å². The van der Waals surface area contributed by atoms with Gasteiger partial charge in [0.25, 0.3) is 0 Å². The van der Waals surface area contributed by atoms with Crippen LogP contribution >= 0.6 is 0 Å². The van der Waals surface area contributed by atoms with Gasteiger partial charge in [0.15, 0.2) is 0 Å². The summed E-state index contributed by atoms with van der Waals surface area (Å²) < 4.78 is 0. The van der Waals surface area contributed by atoms with E-state index in [1.807, 2.05) is 71.9 Å². The molecule has 0 aromatic heterocycles. The first-order valence-electron chi connectivity index (χ1n) is 18.9. The zero-order valence-electron chi connectivity index (χ0n) is 34.2. The fourth-order valence-corrected chi connectivity index (χ4v) is 7.61. The number of benzene rings is 6. The molecule has 6 nitrogen and oxygen atoms in total. The van der Waals surface area contributed by atoms with Crippen molar-refractivity contribution in [1.82, 2.24) is 0 Å². The van der Waals surface area contributed by atoms with Gasteiger partial charge >= 0.3 is 0 Å². The predicted octanol–water partition coefficient (Wildman–Crippen LogP) is 11.5. The van der Waals surface area contributed by atoms with Crippen molar-refractivity contribution in [3.63, 3.8) is 0 Å². The number of hydrogen-bond acceptors (Lipinski definition) is 6. The lowest BCUT2D eigenvalue weighted by Gasteiger charge is -2.31. The summed E-state index contributed by atoms with van der Waals surface area (Å²) in [5, 5.41) is 60.8. The predicted molar refractivity (Wildman–Crippen MR) is 227 cm³/mol. The molecule has 0 unspecified atom stereocenters. The van der Waals surface area contributed by atoms with Crippen LogP contribution < -0.4 is 0 Å². The molecule has 0 bridgehead atoms. The maximum absolute atomic E-state index is 10.5. The Morgan fingerprint density at radius 2 is 0.607 bits per heavy atom. The maximum atomic E-state index is 10.5. The second-order valence-electron chi connectivity index (χ2n) is 17.1. The van der Waals surface area contributed by atoms with Gasteiger partial charge in [0, 0.05) is 56.0 Å². The fraction of sp³-hybridized carbons (Fsp3) is 0.280. The van der Waals surface area contributed by atoms with E-state index in [-0.39, 0.29) is 33.8 Å². The molecule has 6 rings (SSSR count). The van der Waals surface area contributed by atoms with Crippen LogP contribution in [0.3, 0.4) is 0 Å². The average molecular weight is 753 g/mol. The number of aromatic hydroxyl groups is 6. The summed E-state index contributed by atoms with van der Waals surface area (Å²) in [7, 11) is 0. The first-order chi connectivity index (χ1) is 26.1. The molecule has 0 radical (unpaired) electrons. The van der Waals surface area contributed by atoms with E-state index in [2.05, 4.69) is 70.2 Å². The molecule has 0 saturated carbocycles. The summed E-state index contributed by atoms with van der Waals surface area (Å²) in [6.45, 7) is 20.7. The van der Waals surface area contributed by atoms with Crippen molar-refractivity contribution in [2.45, 2.75) is 90.9 Å². The SMILES string of the molecule is CC(C)(c1cccc(C(C)(C)c2ccc(O)cc2O)c1)c1ccc(O)cc1O.Cc1ccc(O)c(C(C)(C)c2cccc(C(C)(C)c3cc(C)ccc3O)c2)c1. The van der Waals surface area contributed by atoms with Gasteiger partial charge in [0.05, 0.1) is 0 Å². The van der Waals surface area contributed by atoms with Crippen molar-refractivity contribution in [3.8, 4) is 34.5 Å². The lowest BCUT2D eigenvalue weighted by atomic mass is 9.72. The lowest BCUT2D eigenvalue weighted by Crippen LogP contribution is -2.23. The molecule has 0 spiro atoms. The third-order valence-corrected chi connectivity index (χ3v) is 11.6. The van der Waals surface area contributed by atoms with Crippen LogP contribution in [0.15, 0.2) is 121 Å². The van der Waals surface area contributed by atoms with Crippen LogP contribution in [0.5, 0.6) is 34.5 Å². The third-order valence-electron chi connectivity index (χ3n) is 11.6. The highest BCUT2D eigenvalue weighted by Gasteiger charge is 2.32.